The van der Waals surface area contributed by atoms with Gasteiger partial charge in [-0.2, -0.15) is 0 Å². The summed E-state index contributed by atoms with van der Waals surface area (Å²) >= 11 is 0. The number of phenols is 1. The molecule has 0 amide bonds. The van der Waals surface area contributed by atoms with Gasteiger partial charge in [-0.3, -0.25) is 4.90 Å². The van der Waals surface area contributed by atoms with Crippen LogP contribution in [0.4, 0.5) is 0 Å². The van der Waals surface area contributed by atoms with Crippen LogP contribution in [0.1, 0.15) is 56.4 Å². The van der Waals surface area contributed by atoms with Crippen molar-refractivity contribution in [3.8, 4) is 23.0 Å². The minimum Gasteiger partial charge on any atom is -0.508 e. The minimum absolute atomic E-state index is 0. The van der Waals surface area contributed by atoms with Gasteiger partial charge < -0.3 is 14.6 Å². The van der Waals surface area contributed by atoms with Crippen molar-refractivity contribution in [3.63, 3.8) is 0 Å². The summed E-state index contributed by atoms with van der Waals surface area (Å²) in [5, 5.41) is 12.4. The molecule has 38 heavy (non-hydrogen) atoms. The molecule has 1 aliphatic heterocycles. The van der Waals surface area contributed by atoms with Crippen molar-refractivity contribution in [3.05, 3.63) is 60.2 Å². The molecule has 0 unspecified atom stereocenters. The number of piperidine rings is 1. The molecule has 206 valence electrons. The van der Waals surface area contributed by atoms with Crippen LogP contribution in [0.5, 0.6) is 23.0 Å². The average Bonchev–Trinajstić information content (AvgIpc) is 2.90. The molecule has 1 aliphatic carbocycles. The van der Waals surface area contributed by atoms with Crippen LogP contribution in [0, 0.1) is 0 Å². The lowest BCUT2D eigenvalue weighted by Crippen LogP contribution is -2.33. The van der Waals surface area contributed by atoms with E-state index in [0.717, 1.165) is 53.0 Å². The van der Waals surface area contributed by atoms with Crippen molar-refractivity contribution in [1.82, 2.24) is 4.90 Å². The fourth-order valence-electron chi connectivity index (χ4n) is 5.85. The summed E-state index contributed by atoms with van der Waals surface area (Å²) in [5.41, 5.74) is 0.896. The van der Waals surface area contributed by atoms with Crippen LogP contribution in [0.15, 0.2) is 54.6 Å². The van der Waals surface area contributed by atoms with E-state index in [2.05, 4.69) is 4.90 Å². The fraction of sp³-hybridized carbons (Fsp3) is 0.467. The van der Waals surface area contributed by atoms with Gasteiger partial charge in [0, 0.05) is 23.8 Å². The standard InChI is InChI=1S/C30H37NO5S.ClH/c1-37(33,34)25-14-8-22(9-15-25)30-27-6-5-7-29(26(27)16-17-28(30)32)36-24-12-10-23(11-13-24)35-21-20-31-18-3-2-4-19-31;/h5-7,10-13,16-17,22,25,32H,2-4,8-9,14-15,18-21H2,1H3;1H. The number of hydrogen-bond donors (Lipinski definition) is 1. The van der Waals surface area contributed by atoms with Gasteiger partial charge in [-0.25, -0.2) is 8.42 Å². The van der Waals surface area contributed by atoms with Crippen LogP contribution in [0.2, 0.25) is 0 Å². The quantitative estimate of drug-likeness (QED) is 0.331. The highest BCUT2D eigenvalue weighted by Gasteiger charge is 2.30. The highest BCUT2D eigenvalue weighted by molar-refractivity contribution is 7.91. The summed E-state index contributed by atoms with van der Waals surface area (Å²) in [5.74, 6) is 2.66. The van der Waals surface area contributed by atoms with Crippen LogP contribution in [-0.2, 0) is 9.84 Å². The van der Waals surface area contributed by atoms with Crippen LogP contribution in [0.3, 0.4) is 0 Å². The first-order chi connectivity index (χ1) is 17.9. The molecule has 0 aromatic heterocycles. The van der Waals surface area contributed by atoms with E-state index in [1.165, 1.54) is 38.6 Å². The topological polar surface area (TPSA) is 76.1 Å². The van der Waals surface area contributed by atoms with Gasteiger partial charge in [0.05, 0.1) is 5.25 Å². The molecule has 1 saturated carbocycles. The normalized spacial score (nSPS) is 20.6. The van der Waals surface area contributed by atoms with Crippen molar-refractivity contribution in [1.29, 1.82) is 0 Å². The van der Waals surface area contributed by atoms with Gasteiger partial charge in [-0.05, 0) is 105 Å². The third kappa shape index (κ3) is 6.74. The van der Waals surface area contributed by atoms with Gasteiger partial charge >= 0.3 is 0 Å². The number of aromatic hydroxyl groups is 1. The Morgan fingerprint density at radius 2 is 1.55 bits per heavy atom. The molecular formula is C30H38ClNO5S. The Kier molecular flexibility index (Phi) is 9.45. The summed E-state index contributed by atoms with van der Waals surface area (Å²) in [7, 11) is -3.03. The number of benzene rings is 3. The molecule has 2 aliphatic rings. The molecule has 1 saturated heterocycles. The first-order valence-electron chi connectivity index (χ1n) is 13.4. The summed E-state index contributed by atoms with van der Waals surface area (Å²) in [6, 6.07) is 17.2. The lowest BCUT2D eigenvalue weighted by atomic mass is 9.81. The molecule has 3 aromatic rings. The molecule has 0 bridgehead atoms. The molecule has 2 fully saturated rings. The second-order valence-corrected chi connectivity index (χ2v) is 12.8. The molecule has 0 atom stereocenters. The zero-order valence-electron chi connectivity index (χ0n) is 22.0. The first kappa shape index (κ1) is 28.5. The number of sulfone groups is 1. The molecule has 0 radical (unpaired) electrons. The maximum atomic E-state index is 12.0. The Labute approximate surface area is 232 Å². The van der Waals surface area contributed by atoms with Crippen molar-refractivity contribution in [2.45, 2.75) is 56.1 Å². The van der Waals surface area contributed by atoms with Gasteiger partial charge in [0.1, 0.15) is 39.4 Å². The molecular weight excluding hydrogens is 522 g/mol. The van der Waals surface area contributed by atoms with Gasteiger partial charge in [-0.15, -0.1) is 12.4 Å². The van der Waals surface area contributed by atoms with E-state index in [0.29, 0.717) is 19.4 Å². The monoisotopic (exact) mass is 559 g/mol. The number of fused-ring (bicyclic) bond motifs is 1. The number of rotatable bonds is 8. The van der Waals surface area contributed by atoms with Crippen LogP contribution in [-0.4, -0.2) is 56.2 Å². The Morgan fingerprint density at radius 3 is 2.24 bits per heavy atom. The Morgan fingerprint density at radius 1 is 0.868 bits per heavy atom. The largest absolute Gasteiger partial charge is 0.508 e. The minimum atomic E-state index is -3.03. The highest BCUT2D eigenvalue weighted by Crippen LogP contribution is 2.44. The molecule has 3 aromatic carbocycles. The van der Waals surface area contributed by atoms with Crippen molar-refractivity contribution < 1.29 is 23.0 Å². The maximum absolute atomic E-state index is 12.0. The van der Waals surface area contributed by atoms with Crippen LogP contribution < -0.4 is 9.47 Å². The zero-order chi connectivity index (χ0) is 25.8. The smallest absolute Gasteiger partial charge is 0.150 e. The second kappa shape index (κ2) is 12.6. The molecule has 1 N–H and O–H groups in total. The molecule has 1 heterocycles. The maximum Gasteiger partial charge on any atom is 0.150 e. The number of hydrogen-bond acceptors (Lipinski definition) is 6. The third-order valence-electron chi connectivity index (χ3n) is 7.90. The van der Waals surface area contributed by atoms with E-state index in [1.54, 1.807) is 6.07 Å². The van der Waals surface area contributed by atoms with E-state index in [1.807, 2.05) is 48.5 Å². The summed E-state index contributed by atoms with van der Waals surface area (Å²) < 4.78 is 36.2. The van der Waals surface area contributed by atoms with Gasteiger partial charge in [0.2, 0.25) is 0 Å². The molecule has 8 heteroatoms. The predicted octanol–water partition coefficient (Wildman–Crippen LogP) is 6.70. The second-order valence-electron chi connectivity index (χ2n) is 10.5. The number of nitrogens with zero attached hydrogens (tertiary/aromatic N) is 1. The molecule has 5 rings (SSSR count). The lowest BCUT2D eigenvalue weighted by Gasteiger charge is -2.29. The zero-order valence-corrected chi connectivity index (χ0v) is 23.6. The number of ether oxygens (including phenoxy) is 2. The Bertz CT molecular complexity index is 1310. The van der Waals surface area contributed by atoms with E-state index >= 15 is 0 Å². The van der Waals surface area contributed by atoms with Crippen LogP contribution in [0.25, 0.3) is 10.8 Å². The Hall–Kier alpha value is -2.48. The number of likely N-dealkylation sites (tertiary alicyclic amines) is 1. The summed E-state index contributed by atoms with van der Waals surface area (Å²) in [6.45, 7) is 3.98. The number of phenolic OH excluding ortho intramolecular Hbond substituents is 1. The summed E-state index contributed by atoms with van der Waals surface area (Å²) in [4.78, 5) is 2.46. The predicted molar refractivity (Wildman–Crippen MR) is 155 cm³/mol. The van der Waals surface area contributed by atoms with Crippen molar-refractivity contribution >= 4 is 33.0 Å². The van der Waals surface area contributed by atoms with E-state index < -0.39 is 9.84 Å². The molecule has 6 nitrogen and oxygen atoms in total. The van der Waals surface area contributed by atoms with Gasteiger partial charge in [0.15, 0.2) is 0 Å². The SMILES string of the molecule is CS(=O)(=O)C1CCC(c2c(O)ccc3c(Oc4ccc(OCCN5CCCCC5)cc4)cccc23)CC1.Cl. The first-order valence-corrected chi connectivity index (χ1v) is 15.4. The van der Waals surface area contributed by atoms with Crippen molar-refractivity contribution in [2.24, 2.45) is 0 Å². The highest BCUT2D eigenvalue weighted by atomic mass is 35.5. The Balaban J connectivity index is 0.00000336. The van der Waals surface area contributed by atoms with E-state index in [9.17, 15) is 13.5 Å². The van der Waals surface area contributed by atoms with Gasteiger partial charge in [0.25, 0.3) is 0 Å². The average molecular weight is 560 g/mol. The van der Waals surface area contributed by atoms with Gasteiger partial charge in [-0.1, -0.05) is 18.6 Å². The van der Waals surface area contributed by atoms with E-state index in [-0.39, 0.29) is 29.3 Å². The fourth-order valence-corrected chi connectivity index (χ4v) is 6.97. The van der Waals surface area contributed by atoms with Crippen molar-refractivity contribution in [2.75, 3.05) is 32.5 Å². The van der Waals surface area contributed by atoms with E-state index in [4.69, 9.17) is 9.47 Å². The summed E-state index contributed by atoms with van der Waals surface area (Å²) in [6.07, 6.45) is 7.97. The third-order valence-corrected chi connectivity index (χ3v) is 9.59. The molecule has 0 spiro atoms. The number of halogens is 1. The van der Waals surface area contributed by atoms with Crippen LogP contribution >= 0.6 is 12.4 Å². The lowest BCUT2D eigenvalue weighted by molar-refractivity contribution is 0.183.